The molecule has 1 aromatic carbocycles. The van der Waals surface area contributed by atoms with Crippen LogP contribution in [0.3, 0.4) is 0 Å². The molecule has 0 radical (unpaired) electrons. The molecule has 18 heavy (non-hydrogen) atoms. The average molecular weight is 266 g/mol. The highest BCUT2D eigenvalue weighted by atomic mass is 35.5. The van der Waals surface area contributed by atoms with Crippen LogP contribution in [0.25, 0.3) is 0 Å². The third-order valence-corrected chi connectivity index (χ3v) is 2.86. The molecule has 2 aromatic rings. The first kappa shape index (κ1) is 12.9. The van der Waals surface area contributed by atoms with Crippen molar-refractivity contribution < 1.29 is 4.74 Å². The smallest absolute Gasteiger partial charge is 0.124 e. The van der Waals surface area contributed by atoms with Crippen molar-refractivity contribution in [3.8, 4) is 5.75 Å². The second kappa shape index (κ2) is 5.89. The zero-order valence-electron chi connectivity index (χ0n) is 10.2. The van der Waals surface area contributed by atoms with Crippen LogP contribution in [0.15, 0.2) is 36.9 Å². The monoisotopic (exact) mass is 265 g/mol. The molecule has 1 atom stereocenters. The van der Waals surface area contributed by atoms with Gasteiger partial charge in [0.15, 0.2) is 0 Å². The first-order valence-corrected chi connectivity index (χ1v) is 6.18. The summed E-state index contributed by atoms with van der Waals surface area (Å²) >= 11 is 5.95. The second-order valence-corrected chi connectivity index (χ2v) is 4.56. The lowest BCUT2D eigenvalue weighted by Crippen LogP contribution is -2.11. The van der Waals surface area contributed by atoms with Crippen LogP contribution < -0.4 is 10.5 Å². The Balaban J connectivity index is 2.00. The summed E-state index contributed by atoms with van der Waals surface area (Å²) in [5, 5.41) is 0.671. The van der Waals surface area contributed by atoms with Crippen molar-refractivity contribution in [1.82, 2.24) is 9.55 Å². The quantitative estimate of drug-likeness (QED) is 0.904. The van der Waals surface area contributed by atoms with Gasteiger partial charge in [0.1, 0.15) is 12.4 Å². The van der Waals surface area contributed by atoms with E-state index in [1.807, 2.05) is 29.8 Å². The van der Waals surface area contributed by atoms with E-state index in [1.165, 1.54) is 0 Å². The first-order chi connectivity index (χ1) is 8.66. The van der Waals surface area contributed by atoms with Gasteiger partial charge in [0.2, 0.25) is 0 Å². The summed E-state index contributed by atoms with van der Waals surface area (Å²) in [6, 6.07) is 5.40. The Bertz CT molecular complexity index is 497. The van der Waals surface area contributed by atoms with Gasteiger partial charge in [-0.15, -0.1) is 0 Å². The highest BCUT2D eigenvalue weighted by Crippen LogP contribution is 2.27. The summed E-state index contributed by atoms with van der Waals surface area (Å²) in [7, 11) is 0. The maximum absolute atomic E-state index is 5.95. The lowest BCUT2D eigenvalue weighted by atomic mass is 10.1. The van der Waals surface area contributed by atoms with Crippen LogP contribution in [0.5, 0.6) is 5.75 Å². The van der Waals surface area contributed by atoms with Crippen LogP contribution >= 0.6 is 11.6 Å². The number of hydrogen-bond donors (Lipinski definition) is 1. The third kappa shape index (κ3) is 3.24. The molecule has 0 bridgehead atoms. The van der Waals surface area contributed by atoms with E-state index in [2.05, 4.69) is 4.98 Å². The minimum Gasteiger partial charge on any atom is -0.491 e. The molecule has 0 spiro atoms. The van der Waals surface area contributed by atoms with Gasteiger partial charge in [0.05, 0.1) is 12.9 Å². The number of hydrogen-bond acceptors (Lipinski definition) is 3. The predicted octanol–water partition coefficient (Wildman–Crippen LogP) is 2.64. The molecule has 0 amide bonds. The molecular weight excluding hydrogens is 250 g/mol. The molecule has 0 fully saturated rings. The Labute approximate surface area is 111 Å². The van der Waals surface area contributed by atoms with Crippen molar-refractivity contribution >= 4 is 11.6 Å². The number of nitrogens with zero attached hydrogens (tertiary/aromatic N) is 2. The Morgan fingerprint density at radius 2 is 2.33 bits per heavy atom. The summed E-state index contributed by atoms with van der Waals surface area (Å²) in [6.07, 6.45) is 5.41. The standard InChI is InChI=1S/C13H16ClN3O/c1-10(15)12-8-11(14)2-3-13(12)18-7-6-17-5-4-16-9-17/h2-5,8-10H,6-7,15H2,1H3/t10-/m0/s1. The Hall–Kier alpha value is -1.52. The predicted molar refractivity (Wildman–Crippen MR) is 71.8 cm³/mol. The molecule has 0 unspecified atom stereocenters. The fraction of sp³-hybridized carbons (Fsp3) is 0.308. The van der Waals surface area contributed by atoms with Crippen molar-refractivity contribution in [2.75, 3.05) is 6.61 Å². The summed E-state index contributed by atoms with van der Waals surface area (Å²) < 4.78 is 7.70. The van der Waals surface area contributed by atoms with Crippen LogP contribution in [0.4, 0.5) is 0 Å². The number of nitrogens with two attached hydrogens (primary N) is 1. The number of rotatable bonds is 5. The lowest BCUT2D eigenvalue weighted by Gasteiger charge is -2.14. The minimum atomic E-state index is -0.105. The molecule has 1 aromatic heterocycles. The average Bonchev–Trinajstić information content (AvgIpc) is 2.84. The number of imidazole rings is 1. The molecule has 0 saturated heterocycles. The van der Waals surface area contributed by atoms with Gasteiger partial charge in [0, 0.05) is 29.0 Å². The molecule has 2 rings (SSSR count). The van der Waals surface area contributed by atoms with E-state index in [-0.39, 0.29) is 6.04 Å². The van der Waals surface area contributed by atoms with Gasteiger partial charge in [-0.1, -0.05) is 11.6 Å². The lowest BCUT2D eigenvalue weighted by molar-refractivity contribution is 0.294. The summed E-state index contributed by atoms with van der Waals surface area (Å²) in [5.74, 6) is 0.787. The van der Waals surface area contributed by atoms with E-state index in [4.69, 9.17) is 22.1 Å². The van der Waals surface area contributed by atoms with Gasteiger partial charge in [0.25, 0.3) is 0 Å². The van der Waals surface area contributed by atoms with E-state index in [0.717, 1.165) is 17.9 Å². The fourth-order valence-electron chi connectivity index (χ4n) is 1.69. The van der Waals surface area contributed by atoms with Crippen LogP contribution in [0.2, 0.25) is 5.02 Å². The van der Waals surface area contributed by atoms with E-state index < -0.39 is 0 Å². The Morgan fingerprint density at radius 1 is 1.50 bits per heavy atom. The van der Waals surface area contributed by atoms with Crippen molar-refractivity contribution in [1.29, 1.82) is 0 Å². The Kier molecular flexibility index (Phi) is 4.23. The van der Waals surface area contributed by atoms with Gasteiger partial charge in [-0.3, -0.25) is 0 Å². The summed E-state index contributed by atoms with van der Waals surface area (Å²) in [6.45, 7) is 3.23. The highest BCUT2D eigenvalue weighted by molar-refractivity contribution is 6.30. The van der Waals surface area contributed by atoms with E-state index in [1.54, 1.807) is 18.6 Å². The SMILES string of the molecule is C[C@H](N)c1cc(Cl)ccc1OCCn1ccnc1. The van der Waals surface area contributed by atoms with Gasteiger partial charge in [-0.25, -0.2) is 4.98 Å². The van der Waals surface area contributed by atoms with Crippen molar-refractivity contribution in [2.45, 2.75) is 19.5 Å². The molecule has 0 aliphatic heterocycles. The molecule has 0 aliphatic rings. The van der Waals surface area contributed by atoms with Gasteiger partial charge < -0.3 is 15.0 Å². The topological polar surface area (TPSA) is 53.1 Å². The zero-order chi connectivity index (χ0) is 13.0. The van der Waals surface area contributed by atoms with Crippen molar-refractivity contribution in [2.24, 2.45) is 5.73 Å². The van der Waals surface area contributed by atoms with Gasteiger partial charge in [-0.2, -0.15) is 0 Å². The minimum absolute atomic E-state index is 0.105. The molecule has 0 saturated carbocycles. The summed E-state index contributed by atoms with van der Waals surface area (Å²) in [5.41, 5.74) is 6.82. The Morgan fingerprint density at radius 3 is 3.00 bits per heavy atom. The molecule has 96 valence electrons. The van der Waals surface area contributed by atoms with Crippen molar-refractivity contribution in [3.05, 3.63) is 47.5 Å². The molecule has 2 N–H and O–H groups in total. The maximum atomic E-state index is 5.95. The molecule has 1 heterocycles. The number of halogens is 1. The molecule has 4 nitrogen and oxygen atoms in total. The van der Waals surface area contributed by atoms with Crippen LogP contribution in [-0.2, 0) is 6.54 Å². The van der Waals surface area contributed by atoms with E-state index in [0.29, 0.717) is 11.6 Å². The van der Waals surface area contributed by atoms with E-state index >= 15 is 0 Å². The van der Waals surface area contributed by atoms with E-state index in [9.17, 15) is 0 Å². The first-order valence-electron chi connectivity index (χ1n) is 5.80. The van der Waals surface area contributed by atoms with Crippen LogP contribution in [-0.4, -0.2) is 16.2 Å². The number of ether oxygens (including phenoxy) is 1. The maximum Gasteiger partial charge on any atom is 0.124 e. The largest absolute Gasteiger partial charge is 0.491 e. The van der Waals surface area contributed by atoms with Crippen LogP contribution in [0, 0.1) is 0 Å². The normalized spacial score (nSPS) is 12.4. The highest BCUT2D eigenvalue weighted by Gasteiger charge is 2.08. The van der Waals surface area contributed by atoms with Gasteiger partial charge >= 0.3 is 0 Å². The molecule has 0 aliphatic carbocycles. The summed E-state index contributed by atoms with van der Waals surface area (Å²) in [4.78, 5) is 3.98. The number of benzene rings is 1. The second-order valence-electron chi connectivity index (χ2n) is 4.12. The van der Waals surface area contributed by atoms with Crippen LogP contribution in [0.1, 0.15) is 18.5 Å². The third-order valence-electron chi connectivity index (χ3n) is 2.63. The molecule has 5 heteroatoms. The van der Waals surface area contributed by atoms with Gasteiger partial charge in [-0.05, 0) is 25.1 Å². The number of aromatic nitrogens is 2. The fourth-order valence-corrected chi connectivity index (χ4v) is 1.87. The zero-order valence-corrected chi connectivity index (χ0v) is 11.0. The van der Waals surface area contributed by atoms with Crippen molar-refractivity contribution in [3.63, 3.8) is 0 Å². The molecular formula is C13H16ClN3O.